The predicted octanol–water partition coefficient (Wildman–Crippen LogP) is 5.48. The first-order valence-electron chi connectivity index (χ1n) is 14.2. The molecule has 4 rings (SSSR count). The summed E-state index contributed by atoms with van der Waals surface area (Å²) in [4.78, 5) is 20.1. The summed E-state index contributed by atoms with van der Waals surface area (Å²) in [7, 11) is 4.21. The third-order valence-electron chi connectivity index (χ3n) is 8.02. The van der Waals surface area contributed by atoms with Gasteiger partial charge in [0, 0.05) is 25.2 Å². The Morgan fingerprint density at radius 3 is 2.51 bits per heavy atom. The number of fused-ring (bicyclic) bond motifs is 2. The highest BCUT2D eigenvalue weighted by Crippen LogP contribution is 2.37. The molecule has 0 radical (unpaired) electrons. The van der Waals surface area contributed by atoms with Crippen molar-refractivity contribution in [1.29, 1.82) is 0 Å². The van der Waals surface area contributed by atoms with Crippen LogP contribution in [0.2, 0.25) is 0 Å². The quantitative estimate of drug-likeness (QED) is 0.430. The summed E-state index contributed by atoms with van der Waals surface area (Å²) in [6.45, 7) is 11.2. The number of amides is 1. The van der Waals surface area contributed by atoms with Gasteiger partial charge in [0.1, 0.15) is 12.4 Å². The Balaban J connectivity index is 1.44. The van der Waals surface area contributed by atoms with E-state index in [-0.39, 0.29) is 5.91 Å². The predicted molar refractivity (Wildman–Crippen MR) is 153 cm³/mol. The summed E-state index contributed by atoms with van der Waals surface area (Å²) < 4.78 is 6.23. The molecule has 0 aromatic heterocycles. The topological polar surface area (TPSA) is 36.0 Å². The molecule has 1 fully saturated rings. The van der Waals surface area contributed by atoms with Crippen LogP contribution in [-0.4, -0.2) is 74.0 Å². The van der Waals surface area contributed by atoms with Crippen LogP contribution in [0.25, 0.3) is 5.57 Å². The molecule has 200 valence electrons. The van der Waals surface area contributed by atoms with Gasteiger partial charge in [0.2, 0.25) is 5.91 Å². The normalized spacial score (nSPS) is 17.0. The Morgan fingerprint density at radius 2 is 1.78 bits per heavy atom. The van der Waals surface area contributed by atoms with Crippen molar-refractivity contribution in [3.8, 4) is 5.75 Å². The Bertz CT molecular complexity index is 1070. The van der Waals surface area contributed by atoms with Gasteiger partial charge in [-0.1, -0.05) is 50.3 Å². The Morgan fingerprint density at radius 1 is 1.03 bits per heavy atom. The maximum absolute atomic E-state index is 13.3. The van der Waals surface area contributed by atoms with E-state index < -0.39 is 0 Å². The van der Waals surface area contributed by atoms with E-state index in [0.717, 1.165) is 74.8 Å². The zero-order chi connectivity index (χ0) is 26.2. The fourth-order valence-electron chi connectivity index (χ4n) is 5.58. The first kappa shape index (κ1) is 27.4. The third kappa shape index (κ3) is 7.24. The van der Waals surface area contributed by atoms with Crippen molar-refractivity contribution in [2.75, 3.05) is 53.4 Å². The monoisotopic (exact) mass is 503 g/mol. The second-order valence-electron chi connectivity index (χ2n) is 10.8. The van der Waals surface area contributed by atoms with Gasteiger partial charge in [0.05, 0.1) is 6.42 Å². The van der Waals surface area contributed by atoms with Crippen LogP contribution < -0.4 is 4.74 Å². The number of carbonyl (C=O) groups is 1. The van der Waals surface area contributed by atoms with Crippen molar-refractivity contribution in [1.82, 2.24) is 14.7 Å². The standard InChI is InChI=1S/C32H45N3O2/c1-5-34(6-2)19-15-25-16-20-35(21-17-25)32(36)23-26-13-14-31-30(22-26)29(12-9-18-33(3)4)28-11-8-7-10-27(28)24-37-31/h7-8,10-14,22,25H,5-6,9,15-21,23-24H2,1-4H3. The molecule has 0 saturated carbocycles. The molecule has 0 unspecified atom stereocenters. The SMILES string of the molecule is CCN(CC)CCC1CCN(C(=O)Cc2ccc3c(c2)C(=CCCN(C)C)c2ccccc2CO3)CC1. The van der Waals surface area contributed by atoms with Crippen LogP contribution in [0.15, 0.2) is 48.5 Å². The summed E-state index contributed by atoms with van der Waals surface area (Å²) in [5, 5.41) is 0. The average Bonchev–Trinajstić information content (AvgIpc) is 3.06. The highest BCUT2D eigenvalue weighted by molar-refractivity contribution is 5.86. The molecule has 2 heterocycles. The zero-order valence-electron chi connectivity index (χ0n) is 23.3. The van der Waals surface area contributed by atoms with Gasteiger partial charge in [-0.2, -0.15) is 0 Å². The van der Waals surface area contributed by atoms with Crippen molar-refractivity contribution in [3.63, 3.8) is 0 Å². The molecule has 2 aromatic carbocycles. The fourth-order valence-corrected chi connectivity index (χ4v) is 5.58. The molecule has 1 saturated heterocycles. The fraction of sp³-hybridized carbons (Fsp3) is 0.531. The van der Waals surface area contributed by atoms with Gasteiger partial charge in [-0.25, -0.2) is 0 Å². The van der Waals surface area contributed by atoms with E-state index >= 15 is 0 Å². The molecule has 5 nitrogen and oxygen atoms in total. The maximum Gasteiger partial charge on any atom is 0.226 e. The minimum atomic E-state index is 0.246. The van der Waals surface area contributed by atoms with Crippen molar-refractivity contribution < 1.29 is 9.53 Å². The van der Waals surface area contributed by atoms with E-state index in [1.807, 2.05) is 0 Å². The molecule has 2 aliphatic rings. The zero-order valence-corrected chi connectivity index (χ0v) is 23.3. The molecule has 0 aliphatic carbocycles. The van der Waals surface area contributed by atoms with Gasteiger partial charge in [0.15, 0.2) is 0 Å². The highest BCUT2D eigenvalue weighted by atomic mass is 16.5. The summed E-state index contributed by atoms with van der Waals surface area (Å²) >= 11 is 0. The van der Waals surface area contributed by atoms with Crippen molar-refractivity contribution in [2.45, 2.75) is 52.6 Å². The number of ether oxygens (including phenoxy) is 1. The van der Waals surface area contributed by atoms with E-state index in [4.69, 9.17) is 4.74 Å². The van der Waals surface area contributed by atoms with E-state index in [0.29, 0.717) is 13.0 Å². The van der Waals surface area contributed by atoms with Crippen LogP contribution in [0, 0.1) is 5.92 Å². The van der Waals surface area contributed by atoms with Crippen LogP contribution in [0.1, 0.15) is 61.8 Å². The van der Waals surface area contributed by atoms with Crippen LogP contribution in [0.3, 0.4) is 0 Å². The van der Waals surface area contributed by atoms with E-state index in [9.17, 15) is 4.79 Å². The van der Waals surface area contributed by atoms with E-state index in [2.05, 4.69) is 91.2 Å². The first-order valence-corrected chi connectivity index (χ1v) is 14.2. The number of piperidine rings is 1. The Kier molecular flexibility index (Phi) is 9.81. The molecule has 2 aliphatic heterocycles. The van der Waals surface area contributed by atoms with Gasteiger partial charge in [-0.05, 0) is 99.7 Å². The highest BCUT2D eigenvalue weighted by Gasteiger charge is 2.24. The molecule has 1 amide bonds. The van der Waals surface area contributed by atoms with Crippen LogP contribution in [-0.2, 0) is 17.8 Å². The molecule has 37 heavy (non-hydrogen) atoms. The average molecular weight is 504 g/mol. The molecule has 0 N–H and O–H groups in total. The first-order chi connectivity index (χ1) is 18.0. The van der Waals surface area contributed by atoms with Crippen LogP contribution in [0.5, 0.6) is 5.75 Å². The van der Waals surface area contributed by atoms with Crippen molar-refractivity contribution in [2.24, 2.45) is 5.92 Å². The Hall–Kier alpha value is -2.63. The number of benzene rings is 2. The van der Waals surface area contributed by atoms with E-state index in [1.165, 1.54) is 29.7 Å². The van der Waals surface area contributed by atoms with E-state index in [1.54, 1.807) is 0 Å². The lowest BCUT2D eigenvalue weighted by atomic mass is 9.91. The van der Waals surface area contributed by atoms with Crippen LogP contribution in [0.4, 0.5) is 0 Å². The van der Waals surface area contributed by atoms with Gasteiger partial charge in [-0.3, -0.25) is 4.79 Å². The van der Waals surface area contributed by atoms with Gasteiger partial charge in [0.25, 0.3) is 0 Å². The largest absolute Gasteiger partial charge is 0.488 e. The number of likely N-dealkylation sites (tertiary alicyclic amines) is 1. The second kappa shape index (κ2) is 13.3. The van der Waals surface area contributed by atoms with Crippen LogP contribution >= 0.6 is 0 Å². The molecule has 0 atom stereocenters. The minimum absolute atomic E-state index is 0.246. The molecule has 0 spiro atoms. The minimum Gasteiger partial charge on any atom is -0.488 e. The number of nitrogens with zero attached hydrogens (tertiary/aromatic N) is 3. The second-order valence-corrected chi connectivity index (χ2v) is 10.8. The van der Waals surface area contributed by atoms with Crippen molar-refractivity contribution in [3.05, 3.63) is 70.8 Å². The molecular weight excluding hydrogens is 458 g/mol. The van der Waals surface area contributed by atoms with Gasteiger partial charge in [-0.15, -0.1) is 0 Å². The summed E-state index contributed by atoms with van der Waals surface area (Å²) in [6, 6.07) is 14.8. The Labute approximate surface area is 224 Å². The summed E-state index contributed by atoms with van der Waals surface area (Å²) in [5.41, 5.74) is 5.82. The smallest absolute Gasteiger partial charge is 0.226 e. The van der Waals surface area contributed by atoms with Gasteiger partial charge >= 0.3 is 0 Å². The molecule has 5 heteroatoms. The van der Waals surface area contributed by atoms with Crippen molar-refractivity contribution >= 4 is 11.5 Å². The summed E-state index contributed by atoms with van der Waals surface area (Å²) in [6.07, 6.45) is 7.24. The lowest BCUT2D eigenvalue weighted by Crippen LogP contribution is -2.40. The molecule has 0 bridgehead atoms. The number of hydrogen-bond donors (Lipinski definition) is 0. The summed E-state index contributed by atoms with van der Waals surface area (Å²) in [5.74, 6) is 1.89. The lowest BCUT2D eigenvalue weighted by molar-refractivity contribution is -0.131. The number of rotatable bonds is 10. The maximum atomic E-state index is 13.3. The number of hydrogen-bond acceptors (Lipinski definition) is 4. The molecular formula is C32H45N3O2. The molecule has 2 aromatic rings. The number of carbonyl (C=O) groups excluding carboxylic acids is 1. The third-order valence-corrected chi connectivity index (χ3v) is 8.02. The lowest BCUT2D eigenvalue weighted by Gasteiger charge is -2.33. The van der Waals surface area contributed by atoms with Gasteiger partial charge < -0.3 is 19.4 Å².